The van der Waals surface area contributed by atoms with Crippen molar-refractivity contribution in [2.75, 3.05) is 39.6 Å². The van der Waals surface area contributed by atoms with Gasteiger partial charge in [0.25, 0.3) is 0 Å². The smallest absolute Gasteiger partial charge is 0.162 e. The largest absolute Gasteiger partial charge is 0.493 e. The SMILES string of the molecule is COc1cc(N)c(CCCN2CCCC(C)C2)cc1OC. The predicted octanol–water partition coefficient (Wildman–Crippen LogP) is 2.95. The molecule has 1 fully saturated rings. The molecule has 0 aromatic heterocycles. The van der Waals surface area contributed by atoms with E-state index in [1.54, 1.807) is 14.2 Å². The zero-order chi connectivity index (χ0) is 15.2. The number of anilines is 1. The number of aryl methyl sites for hydroxylation is 1. The number of piperidine rings is 1. The third kappa shape index (κ3) is 4.27. The average Bonchev–Trinajstić information content (AvgIpc) is 2.48. The third-order valence-electron chi connectivity index (χ3n) is 4.31. The second kappa shape index (κ2) is 7.55. The van der Waals surface area contributed by atoms with Crippen LogP contribution in [-0.4, -0.2) is 38.8 Å². The van der Waals surface area contributed by atoms with Crippen molar-refractivity contribution in [3.63, 3.8) is 0 Å². The summed E-state index contributed by atoms with van der Waals surface area (Å²) in [6, 6.07) is 3.87. The summed E-state index contributed by atoms with van der Waals surface area (Å²) >= 11 is 0. The fourth-order valence-electron chi connectivity index (χ4n) is 3.14. The topological polar surface area (TPSA) is 47.7 Å². The maximum absolute atomic E-state index is 6.11. The maximum Gasteiger partial charge on any atom is 0.162 e. The Bertz CT molecular complexity index is 462. The highest BCUT2D eigenvalue weighted by atomic mass is 16.5. The summed E-state index contributed by atoms with van der Waals surface area (Å²) in [5.74, 6) is 2.29. The number of hydrogen-bond acceptors (Lipinski definition) is 4. The molecule has 1 aliphatic rings. The van der Waals surface area contributed by atoms with Gasteiger partial charge in [-0.2, -0.15) is 0 Å². The first-order chi connectivity index (χ1) is 10.1. The lowest BCUT2D eigenvalue weighted by molar-refractivity contribution is 0.182. The Kier molecular flexibility index (Phi) is 5.74. The summed E-state index contributed by atoms with van der Waals surface area (Å²) in [6.45, 7) is 5.98. The van der Waals surface area contributed by atoms with Crippen LogP contribution in [0, 0.1) is 5.92 Å². The van der Waals surface area contributed by atoms with Crippen LogP contribution in [0.25, 0.3) is 0 Å². The standard InChI is InChI=1S/C17H28N2O2/c1-13-6-4-8-19(12-13)9-5-7-14-10-16(20-2)17(21-3)11-15(14)18/h10-11,13H,4-9,12,18H2,1-3H3. The number of hydrogen-bond donors (Lipinski definition) is 1. The molecule has 2 N–H and O–H groups in total. The van der Waals surface area contributed by atoms with Crippen molar-refractivity contribution < 1.29 is 9.47 Å². The van der Waals surface area contributed by atoms with Crippen LogP contribution in [0.3, 0.4) is 0 Å². The molecule has 1 aromatic carbocycles. The molecule has 4 heteroatoms. The Morgan fingerprint density at radius 3 is 2.62 bits per heavy atom. The van der Waals surface area contributed by atoms with E-state index < -0.39 is 0 Å². The first kappa shape index (κ1) is 16.0. The van der Waals surface area contributed by atoms with Gasteiger partial charge in [-0.15, -0.1) is 0 Å². The van der Waals surface area contributed by atoms with E-state index in [1.807, 2.05) is 12.1 Å². The molecule has 1 aromatic rings. The van der Waals surface area contributed by atoms with Gasteiger partial charge in [0.15, 0.2) is 11.5 Å². The molecule has 1 unspecified atom stereocenters. The highest BCUT2D eigenvalue weighted by Crippen LogP contribution is 2.32. The van der Waals surface area contributed by atoms with Crippen LogP contribution in [0.4, 0.5) is 5.69 Å². The number of nitrogens with zero attached hydrogens (tertiary/aromatic N) is 1. The molecule has 1 aliphatic heterocycles. The van der Waals surface area contributed by atoms with Crippen LogP contribution in [-0.2, 0) is 6.42 Å². The zero-order valence-corrected chi connectivity index (χ0v) is 13.5. The minimum absolute atomic E-state index is 0.698. The van der Waals surface area contributed by atoms with Crippen molar-refractivity contribution in [1.29, 1.82) is 0 Å². The molecule has 0 spiro atoms. The van der Waals surface area contributed by atoms with Crippen LogP contribution >= 0.6 is 0 Å². The third-order valence-corrected chi connectivity index (χ3v) is 4.31. The monoisotopic (exact) mass is 292 g/mol. The first-order valence-electron chi connectivity index (χ1n) is 7.86. The lowest BCUT2D eigenvalue weighted by atomic mass is 9.99. The van der Waals surface area contributed by atoms with Gasteiger partial charge < -0.3 is 20.1 Å². The van der Waals surface area contributed by atoms with E-state index in [1.165, 1.54) is 25.9 Å². The minimum atomic E-state index is 0.698. The van der Waals surface area contributed by atoms with Gasteiger partial charge in [-0.3, -0.25) is 0 Å². The van der Waals surface area contributed by atoms with Crippen LogP contribution in [0.2, 0.25) is 0 Å². The lowest BCUT2D eigenvalue weighted by Gasteiger charge is -2.30. The summed E-state index contributed by atoms with van der Waals surface area (Å²) in [5.41, 5.74) is 8.05. The van der Waals surface area contributed by atoms with Gasteiger partial charge in [0, 0.05) is 18.3 Å². The number of ether oxygens (including phenoxy) is 2. The number of likely N-dealkylation sites (tertiary alicyclic amines) is 1. The quantitative estimate of drug-likeness (QED) is 0.819. The highest BCUT2D eigenvalue weighted by molar-refractivity contribution is 5.58. The summed E-state index contributed by atoms with van der Waals surface area (Å²) in [6.07, 6.45) is 4.82. The molecule has 0 radical (unpaired) electrons. The fourth-order valence-corrected chi connectivity index (χ4v) is 3.14. The van der Waals surface area contributed by atoms with E-state index in [9.17, 15) is 0 Å². The van der Waals surface area contributed by atoms with E-state index in [0.717, 1.165) is 42.3 Å². The van der Waals surface area contributed by atoms with Gasteiger partial charge in [-0.05, 0) is 56.3 Å². The van der Waals surface area contributed by atoms with E-state index in [2.05, 4.69) is 11.8 Å². The van der Waals surface area contributed by atoms with Crippen molar-refractivity contribution in [1.82, 2.24) is 4.90 Å². The molecule has 0 aliphatic carbocycles. The van der Waals surface area contributed by atoms with Gasteiger partial charge >= 0.3 is 0 Å². The molecule has 4 nitrogen and oxygen atoms in total. The molecule has 2 rings (SSSR count). The number of methoxy groups -OCH3 is 2. The summed E-state index contributed by atoms with van der Waals surface area (Å²) in [7, 11) is 3.29. The van der Waals surface area contributed by atoms with E-state index in [4.69, 9.17) is 15.2 Å². The number of nitrogens with two attached hydrogens (primary N) is 1. The van der Waals surface area contributed by atoms with Crippen molar-refractivity contribution >= 4 is 5.69 Å². The second-order valence-corrected chi connectivity index (χ2v) is 6.06. The molecule has 118 valence electrons. The normalized spacial score (nSPS) is 19.5. The molecule has 1 saturated heterocycles. The van der Waals surface area contributed by atoms with Crippen LogP contribution in [0.5, 0.6) is 11.5 Å². The van der Waals surface area contributed by atoms with E-state index in [-0.39, 0.29) is 0 Å². The first-order valence-corrected chi connectivity index (χ1v) is 7.86. The Morgan fingerprint density at radius 1 is 1.24 bits per heavy atom. The van der Waals surface area contributed by atoms with Crippen LogP contribution in [0.15, 0.2) is 12.1 Å². The fraction of sp³-hybridized carbons (Fsp3) is 0.647. The average molecular weight is 292 g/mol. The second-order valence-electron chi connectivity index (χ2n) is 6.06. The van der Waals surface area contributed by atoms with Gasteiger partial charge in [-0.25, -0.2) is 0 Å². The predicted molar refractivity (Wildman–Crippen MR) is 87.1 cm³/mol. The number of nitrogen functional groups attached to an aromatic ring is 1. The van der Waals surface area contributed by atoms with Crippen LogP contribution in [0.1, 0.15) is 31.7 Å². The summed E-state index contributed by atoms with van der Waals surface area (Å²) in [5, 5.41) is 0. The minimum Gasteiger partial charge on any atom is -0.493 e. The Labute approximate surface area is 128 Å². The maximum atomic E-state index is 6.11. The van der Waals surface area contributed by atoms with Crippen LogP contribution < -0.4 is 15.2 Å². The van der Waals surface area contributed by atoms with Crippen molar-refractivity contribution in [2.24, 2.45) is 5.92 Å². The van der Waals surface area contributed by atoms with Crippen molar-refractivity contribution in [3.8, 4) is 11.5 Å². The number of rotatable bonds is 6. The summed E-state index contributed by atoms with van der Waals surface area (Å²) in [4.78, 5) is 2.57. The molecule has 1 heterocycles. The van der Waals surface area contributed by atoms with Crippen molar-refractivity contribution in [2.45, 2.75) is 32.6 Å². The molecule has 0 amide bonds. The van der Waals surface area contributed by atoms with Crippen molar-refractivity contribution in [3.05, 3.63) is 17.7 Å². The molecule has 21 heavy (non-hydrogen) atoms. The van der Waals surface area contributed by atoms with Gasteiger partial charge in [0.05, 0.1) is 14.2 Å². The van der Waals surface area contributed by atoms with Gasteiger partial charge in [0.2, 0.25) is 0 Å². The Morgan fingerprint density at radius 2 is 1.95 bits per heavy atom. The Balaban J connectivity index is 1.90. The molecular formula is C17H28N2O2. The van der Waals surface area contributed by atoms with E-state index in [0.29, 0.717) is 5.75 Å². The molecule has 1 atom stereocenters. The Hall–Kier alpha value is -1.42. The zero-order valence-electron chi connectivity index (χ0n) is 13.5. The highest BCUT2D eigenvalue weighted by Gasteiger charge is 2.16. The van der Waals surface area contributed by atoms with Gasteiger partial charge in [0.1, 0.15) is 0 Å². The lowest BCUT2D eigenvalue weighted by Crippen LogP contribution is -2.35. The van der Waals surface area contributed by atoms with Gasteiger partial charge in [-0.1, -0.05) is 6.92 Å². The molecule has 0 bridgehead atoms. The molecular weight excluding hydrogens is 264 g/mol. The van der Waals surface area contributed by atoms with E-state index >= 15 is 0 Å². The summed E-state index contributed by atoms with van der Waals surface area (Å²) < 4.78 is 10.6. The number of benzene rings is 1. The molecule has 0 saturated carbocycles.